The van der Waals surface area contributed by atoms with E-state index in [1.807, 2.05) is 6.92 Å². The van der Waals surface area contributed by atoms with Crippen molar-refractivity contribution in [1.29, 1.82) is 0 Å². The van der Waals surface area contributed by atoms with E-state index in [0.29, 0.717) is 19.1 Å². The van der Waals surface area contributed by atoms with Crippen LogP contribution in [0.25, 0.3) is 0 Å². The zero-order chi connectivity index (χ0) is 10.1. The van der Waals surface area contributed by atoms with E-state index in [2.05, 4.69) is 6.92 Å². The molecule has 13 heavy (non-hydrogen) atoms. The summed E-state index contributed by atoms with van der Waals surface area (Å²) in [7, 11) is 1.68. The average molecular weight is 209 g/mol. The molecule has 0 aromatic heterocycles. The second kappa shape index (κ2) is 8.79. The molecule has 0 rings (SSSR count). The molecule has 2 unspecified atom stereocenters. The molecular weight excluding hydrogens is 188 g/mol. The van der Waals surface area contributed by atoms with Crippen molar-refractivity contribution in [1.82, 2.24) is 0 Å². The Balaban J connectivity index is 3.28. The van der Waals surface area contributed by atoms with Gasteiger partial charge in [-0.15, -0.1) is 11.6 Å². The maximum Gasteiger partial charge on any atom is 0.0700 e. The van der Waals surface area contributed by atoms with Crippen LogP contribution in [0.1, 0.15) is 26.7 Å². The predicted octanol–water partition coefficient (Wildman–Crippen LogP) is 2.69. The third-order valence-electron chi connectivity index (χ3n) is 2.24. The molecule has 0 radical (unpaired) electrons. The third-order valence-corrected chi connectivity index (χ3v) is 2.60. The summed E-state index contributed by atoms with van der Waals surface area (Å²) < 4.78 is 10.2. The van der Waals surface area contributed by atoms with Crippen molar-refractivity contribution in [2.24, 2.45) is 5.92 Å². The van der Waals surface area contributed by atoms with Crippen LogP contribution in [0.15, 0.2) is 0 Å². The van der Waals surface area contributed by atoms with Crippen molar-refractivity contribution >= 4 is 11.6 Å². The zero-order valence-corrected chi connectivity index (χ0v) is 9.64. The van der Waals surface area contributed by atoms with E-state index in [1.165, 1.54) is 0 Å². The molecule has 3 heteroatoms. The fraction of sp³-hybridized carbons (Fsp3) is 1.00. The number of methoxy groups -OCH3 is 1. The minimum absolute atomic E-state index is 0.246. The quantitative estimate of drug-likeness (QED) is 0.451. The normalized spacial score (nSPS) is 15.7. The van der Waals surface area contributed by atoms with Gasteiger partial charge in [-0.25, -0.2) is 0 Å². The highest BCUT2D eigenvalue weighted by Gasteiger charge is 2.11. The first-order valence-electron chi connectivity index (χ1n) is 4.93. The van der Waals surface area contributed by atoms with E-state index in [9.17, 15) is 0 Å². The Hall–Kier alpha value is 0.210. The van der Waals surface area contributed by atoms with Crippen molar-refractivity contribution in [2.75, 3.05) is 26.9 Å². The molecule has 0 aromatic rings. The predicted molar refractivity (Wildman–Crippen MR) is 56.4 cm³/mol. The molecule has 2 nitrogen and oxygen atoms in total. The SMILES string of the molecule is CCC(CCOCCOC)C(C)Cl. The van der Waals surface area contributed by atoms with E-state index in [0.717, 1.165) is 19.4 Å². The Morgan fingerprint density at radius 3 is 2.38 bits per heavy atom. The van der Waals surface area contributed by atoms with Gasteiger partial charge >= 0.3 is 0 Å². The lowest BCUT2D eigenvalue weighted by Crippen LogP contribution is -2.14. The lowest BCUT2D eigenvalue weighted by Gasteiger charge is -2.16. The molecule has 0 N–H and O–H groups in total. The van der Waals surface area contributed by atoms with Crippen molar-refractivity contribution in [3.63, 3.8) is 0 Å². The maximum atomic E-state index is 6.00. The van der Waals surface area contributed by atoms with Crippen molar-refractivity contribution in [2.45, 2.75) is 32.1 Å². The van der Waals surface area contributed by atoms with Crippen LogP contribution >= 0.6 is 11.6 Å². The molecule has 0 amide bonds. The van der Waals surface area contributed by atoms with Gasteiger partial charge in [0.2, 0.25) is 0 Å². The van der Waals surface area contributed by atoms with Gasteiger partial charge in [0.25, 0.3) is 0 Å². The van der Waals surface area contributed by atoms with Gasteiger partial charge in [-0.1, -0.05) is 13.3 Å². The van der Waals surface area contributed by atoms with Crippen LogP contribution in [0.3, 0.4) is 0 Å². The molecule has 0 heterocycles. The summed E-state index contributed by atoms with van der Waals surface area (Å²) in [4.78, 5) is 0. The zero-order valence-electron chi connectivity index (χ0n) is 8.88. The molecule has 0 spiro atoms. The molecular formula is C10H21ClO2. The Kier molecular flexibility index (Phi) is 8.93. The Morgan fingerprint density at radius 1 is 1.23 bits per heavy atom. The highest BCUT2D eigenvalue weighted by atomic mass is 35.5. The summed E-state index contributed by atoms with van der Waals surface area (Å²) in [6, 6.07) is 0. The van der Waals surface area contributed by atoms with E-state index in [-0.39, 0.29) is 5.38 Å². The molecule has 80 valence electrons. The van der Waals surface area contributed by atoms with Crippen molar-refractivity contribution in [3.8, 4) is 0 Å². The Bertz CT molecular complexity index is 107. The van der Waals surface area contributed by atoms with Crippen LogP contribution in [-0.2, 0) is 9.47 Å². The molecule has 0 aliphatic carbocycles. The summed E-state index contributed by atoms with van der Waals surface area (Å²) in [5, 5.41) is 0.246. The van der Waals surface area contributed by atoms with Crippen LogP contribution in [-0.4, -0.2) is 32.3 Å². The molecule has 0 bridgehead atoms. The minimum Gasteiger partial charge on any atom is -0.382 e. The molecule has 0 aliphatic heterocycles. The van der Waals surface area contributed by atoms with Crippen LogP contribution in [0.2, 0.25) is 0 Å². The smallest absolute Gasteiger partial charge is 0.0700 e. The second-order valence-corrected chi connectivity index (χ2v) is 3.93. The fourth-order valence-corrected chi connectivity index (χ4v) is 1.54. The Morgan fingerprint density at radius 2 is 1.92 bits per heavy atom. The summed E-state index contributed by atoms with van der Waals surface area (Å²) in [6.45, 7) is 6.36. The molecule has 0 fully saturated rings. The van der Waals surface area contributed by atoms with E-state index >= 15 is 0 Å². The standard InChI is InChI=1S/C10H21ClO2/c1-4-10(9(2)11)5-6-13-8-7-12-3/h9-10H,4-8H2,1-3H3. The molecule has 0 aliphatic rings. The maximum absolute atomic E-state index is 6.00. The van der Waals surface area contributed by atoms with Crippen molar-refractivity contribution < 1.29 is 9.47 Å². The number of halogens is 1. The lowest BCUT2D eigenvalue weighted by atomic mass is 10.00. The highest BCUT2D eigenvalue weighted by molar-refractivity contribution is 6.20. The summed E-state index contributed by atoms with van der Waals surface area (Å²) in [6.07, 6.45) is 2.17. The van der Waals surface area contributed by atoms with E-state index < -0.39 is 0 Å². The highest BCUT2D eigenvalue weighted by Crippen LogP contribution is 2.17. The topological polar surface area (TPSA) is 18.5 Å². The molecule has 2 atom stereocenters. The number of alkyl halides is 1. The molecule has 0 saturated carbocycles. The van der Waals surface area contributed by atoms with Gasteiger partial charge in [0.15, 0.2) is 0 Å². The number of ether oxygens (including phenoxy) is 2. The van der Waals surface area contributed by atoms with Gasteiger partial charge in [-0.3, -0.25) is 0 Å². The van der Waals surface area contributed by atoms with Gasteiger partial charge in [0.05, 0.1) is 13.2 Å². The summed E-state index contributed by atoms with van der Waals surface area (Å²) in [5.74, 6) is 0.573. The molecule has 0 saturated heterocycles. The van der Waals surface area contributed by atoms with Gasteiger partial charge < -0.3 is 9.47 Å². The van der Waals surface area contributed by atoms with Crippen LogP contribution in [0.5, 0.6) is 0 Å². The van der Waals surface area contributed by atoms with Crippen LogP contribution < -0.4 is 0 Å². The average Bonchev–Trinajstić information content (AvgIpc) is 2.10. The van der Waals surface area contributed by atoms with Crippen molar-refractivity contribution in [3.05, 3.63) is 0 Å². The van der Waals surface area contributed by atoms with Gasteiger partial charge in [-0.05, 0) is 19.3 Å². The van der Waals surface area contributed by atoms with Gasteiger partial charge in [0, 0.05) is 19.1 Å². The van der Waals surface area contributed by atoms with E-state index in [1.54, 1.807) is 7.11 Å². The summed E-state index contributed by atoms with van der Waals surface area (Å²) in [5.41, 5.74) is 0. The second-order valence-electron chi connectivity index (χ2n) is 3.24. The number of hydrogen-bond donors (Lipinski definition) is 0. The number of rotatable bonds is 8. The Labute approximate surface area is 86.6 Å². The van der Waals surface area contributed by atoms with Gasteiger partial charge in [0.1, 0.15) is 0 Å². The first-order valence-corrected chi connectivity index (χ1v) is 5.36. The van der Waals surface area contributed by atoms with E-state index in [4.69, 9.17) is 21.1 Å². The largest absolute Gasteiger partial charge is 0.382 e. The van der Waals surface area contributed by atoms with Crippen LogP contribution in [0.4, 0.5) is 0 Å². The monoisotopic (exact) mass is 208 g/mol. The lowest BCUT2D eigenvalue weighted by molar-refractivity contribution is 0.0634. The first-order chi connectivity index (χ1) is 6.22. The fourth-order valence-electron chi connectivity index (χ4n) is 1.24. The minimum atomic E-state index is 0.246. The van der Waals surface area contributed by atoms with Crippen LogP contribution in [0, 0.1) is 5.92 Å². The van der Waals surface area contributed by atoms with Gasteiger partial charge in [-0.2, -0.15) is 0 Å². The number of hydrogen-bond acceptors (Lipinski definition) is 2. The summed E-state index contributed by atoms with van der Waals surface area (Å²) >= 11 is 6.00. The third kappa shape index (κ3) is 7.29. The first kappa shape index (κ1) is 13.2. The molecule has 0 aromatic carbocycles.